The maximum Gasteiger partial charge on any atom is 0.266 e. The quantitative estimate of drug-likeness (QED) is 0.171. The van der Waals surface area contributed by atoms with E-state index in [4.69, 9.17) is 23.2 Å². The molecule has 0 spiro atoms. The number of carbonyl (C=O) groups is 1. The standard InChI is InChI=1S/C24H18Cl2N4O2S/c1-15-9-11-17(12-10-15)30-23(32)18-6-2-3-8-20(18)28-24(30)33-14-21(31)29-27-13-16-5-4-7-19(25)22(16)26/h2-13H,14H2,1H3,(H,29,31)/b27-13+. The Balaban J connectivity index is 1.56. The van der Waals surface area contributed by atoms with Gasteiger partial charge in [-0.15, -0.1) is 0 Å². The first-order chi connectivity index (χ1) is 15.9. The van der Waals surface area contributed by atoms with Gasteiger partial charge < -0.3 is 0 Å². The normalized spacial score (nSPS) is 11.2. The van der Waals surface area contributed by atoms with E-state index < -0.39 is 0 Å². The highest BCUT2D eigenvalue weighted by Crippen LogP contribution is 2.24. The van der Waals surface area contributed by atoms with Crippen LogP contribution in [0.3, 0.4) is 0 Å². The van der Waals surface area contributed by atoms with Crippen molar-refractivity contribution >= 4 is 58.0 Å². The predicted molar refractivity (Wildman–Crippen MR) is 135 cm³/mol. The van der Waals surface area contributed by atoms with Gasteiger partial charge in [0.15, 0.2) is 5.16 Å². The lowest BCUT2D eigenvalue weighted by atomic mass is 10.2. The first-order valence-electron chi connectivity index (χ1n) is 9.91. The van der Waals surface area contributed by atoms with Crippen LogP contribution in [0.2, 0.25) is 10.0 Å². The molecule has 1 N–H and O–H groups in total. The maximum atomic E-state index is 13.2. The third kappa shape index (κ3) is 5.27. The number of amides is 1. The molecule has 0 bridgehead atoms. The van der Waals surface area contributed by atoms with E-state index in [0.29, 0.717) is 37.4 Å². The third-order valence-electron chi connectivity index (χ3n) is 4.74. The lowest BCUT2D eigenvalue weighted by Crippen LogP contribution is -2.24. The van der Waals surface area contributed by atoms with Gasteiger partial charge in [0.25, 0.3) is 11.5 Å². The number of nitrogens with zero attached hydrogens (tertiary/aromatic N) is 3. The van der Waals surface area contributed by atoms with Crippen LogP contribution in [0.4, 0.5) is 0 Å². The van der Waals surface area contributed by atoms with Gasteiger partial charge in [-0.1, -0.05) is 76.9 Å². The van der Waals surface area contributed by atoms with Crippen molar-refractivity contribution in [3.8, 4) is 5.69 Å². The summed E-state index contributed by atoms with van der Waals surface area (Å²) in [5, 5.41) is 5.63. The van der Waals surface area contributed by atoms with Crippen LogP contribution in [0.5, 0.6) is 0 Å². The topological polar surface area (TPSA) is 76.3 Å². The van der Waals surface area contributed by atoms with Crippen molar-refractivity contribution in [3.63, 3.8) is 0 Å². The summed E-state index contributed by atoms with van der Waals surface area (Å²) < 4.78 is 1.52. The summed E-state index contributed by atoms with van der Waals surface area (Å²) in [7, 11) is 0. The molecule has 0 radical (unpaired) electrons. The number of hydrogen-bond acceptors (Lipinski definition) is 5. The number of aromatic nitrogens is 2. The zero-order valence-electron chi connectivity index (χ0n) is 17.5. The molecule has 33 heavy (non-hydrogen) atoms. The van der Waals surface area contributed by atoms with Crippen LogP contribution in [-0.4, -0.2) is 27.4 Å². The first kappa shape index (κ1) is 23.0. The molecule has 1 aromatic heterocycles. The van der Waals surface area contributed by atoms with E-state index in [1.807, 2.05) is 37.3 Å². The largest absolute Gasteiger partial charge is 0.272 e. The van der Waals surface area contributed by atoms with Crippen LogP contribution in [-0.2, 0) is 4.79 Å². The van der Waals surface area contributed by atoms with Crippen molar-refractivity contribution in [3.05, 3.63) is 98.3 Å². The lowest BCUT2D eigenvalue weighted by molar-refractivity contribution is -0.118. The molecule has 9 heteroatoms. The molecular formula is C24H18Cl2N4O2S. The molecule has 0 saturated heterocycles. The van der Waals surface area contributed by atoms with Crippen LogP contribution in [0, 0.1) is 6.92 Å². The minimum absolute atomic E-state index is 0.0112. The van der Waals surface area contributed by atoms with Crippen molar-refractivity contribution < 1.29 is 4.79 Å². The van der Waals surface area contributed by atoms with E-state index in [-0.39, 0.29) is 17.2 Å². The molecular weight excluding hydrogens is 479 g/mol. The fourth-order valence-electron chi connectivity index (χ4n) is 3.09. The van der Waals surface area contributed by atoms with Crippen LogP contribution >= 0.6 is 35.0 Å². The molecule has 0 aliphatic rings. The summed E-state index contributed by atoms with van der Waals surface area (Å²) in [6.07, 6.45) is 1.42. The zero-order valence-corrected chi connectivity index (χ0v) is 19.8. The Morgan fingerprint density at radius 1 is 1.09 bits per heavy atom. The number of hydrazone groups is 1. The van der Waals surface area contributed by atoms with E-state index in [0.717, 1.165) is 17.3 Å². The van der Waals surface area contributed by atoms with E-state index in [9.17, 15) is 9.59 Å². The number of aryl methyl sites for hydroxylation is 1. The number of fused-ring (bicyclic) bond motifs is 1. The Labute approximate surface area is 204 Å². The molecule has 0 fully saturated rings. The molecule has 4 rings (SSSR count). The van der Waals surface area contributed by atoms with Gasteiger partial charge in [-0.3, -0.25) is 14.2 Å². The van der Waals surface area contributed by atoms with E-state index >= 15 is 0 Å². The minimum Gasteiger partial charge on any atom is -0.272 e. The lowest BCUT2D eigenvalue weighted by Gasteiger charge is -2.13. The van der Waals surface area contributed by atoms with E-state index in [2.05, 4.69) is 15.5 Å². The number of hydrogen-bond donors (Lipinski definition) is 1. The molecule has 166 valence electrons. The molecule has 1 heterocycles. The van der Waals surface area contributed by atoms with Gasteiger partial charge in [0.1, 0.15) is 0 Å². The fraction of sp³-hybridized carbons (Fsp3) is 0.0833. The average Bonchev–Trinajstić information content (AvgIpc) is 2.81. The van der Waals surface area contributed by atoms with E-state index in [1.165, 1.54) is 10.8 Å². The highest BCUT2D eigenvalue weighted by molar-refractivity contribution is 7.99. The van der Waals surface area contributed by atoms with Crippen LogP contribution in [0.1, 0.15) is 11.1 Å². The van der Waals surface area contributed by atoms with Gasteiger partial charge in [-0.2, -0.15) is 5.10 Å². The van der Waals surface area contributed by atoms with Gasteiger partial charge >= 0.3 is 0 Å². The number of nitrogens with one attached hydrogen (secondary N) is 1. The molecule has 0 aliphatic carbocycles. The van der Waals surface area contributed by atoms with Crippen molar-refractivity contribution in [1.82, 2.24) is 15.0 Å². The second kappa shape index (κ2) is 10.2. The SMILES string of the molecule is Cc1ccc(-n2c(SCC(=O)N/N=C/c3cccc(Cl)c3Cl)nc3ccccc3c2=O)cc1. The summed E-state index contributed by atoms with van der Waals surface area (Å²) in [4.78, 5) is 30.2. The second-order valence-electron chi connectivity index (χ2n) is 7.11. The van der Waals surface area contributed by atoms with Crippen molar-refractivity contribution in [2.45, 2.75) is 12.1 Å². The van der Waals surface area contributed by atoms with Gasteiger partial charge in [0, 0.05) is 5.56 Å². The average molecular weight is 497 g/mol. The summed E-state index contributed by atoms with van der Waals surface area (Å²) in [6.45, 7) is 1.97. The third-order valence-corrected chi connectivity index (χ3v) is 6.52. The minimum atomic E-state index is -0.354. The Bertz CT molecular complexity index is 1420. The Kier molecular flexibility index (Phi) is 7.13. The summed E-state index contributed by atoms with van der Waals surface area (Å²) in [6, 6.07) is 19.8. The van der Waals surface area contributed by atoms with Crippen LogP contribution in [0.15, 0.2) is 81.8 Å². The van der Waals surface area contributed by atoms with Crippen molar-refractivity contribution in [1.29, 1.82) is 0 Å². The number of carbonyl (C=O) groups excluding carboxylic acids is 1. The molecule has 4 aromatic rings. The molecule has 0 aliphatic heterocycles. The maximum absolute atomic E-state index is 13.2. The Morgan fingerprint density at radius 2 is 1.85 bits per heavy atom. The molecule has 0 saturated carbocycles. The molecule has 0 unspecified atom stereocenters. The number of rotatable bonds is 6. The van der Waals surface area contributed by atoms with Crippen molar-refractivity contribution in [2.24, 2.45) is 5.10 Å². The fourth-order valence-corrected chi connectivity index (χ4v) is 4.25. The molecule has 6 nitrogen and oxygen atoms in total. The summed E-state index contributed by atoms with van der Waals surface area (Å²) in [5.74, 6) is -0.343. The van der Waals surface area contributed by atoms with Gasteiger partial charge in [0.2, 0.25) is 0 Å². The Morgan fingerprint density at radius 3 is 2.64 bits per heavy atom. The van der Waals surface area contributed by atoms with Crippen LogP contribution < -0.4 is 11.0 Å². The number of halogens is 2. The number of thioether (sulfide) groups is 1. The van der Waals surface area contributed by atoms with E-state index in [1.54, 1.807) is 36.4 Å². The number of benzene rings is 3. The van der Waals surface area contributed by atoms with Crippen LogP contribution in [0.25, 0.3) is 16.6 Å². The predicted octanol–water partition coefficient (Wildman–Crippen LogP) is 5.24. The monoisotopic (exact) mass is 496 g/mol. The highest BCUT2D eigenvalue weighted by Gasteiger charge is 2.14. The Hall–Kier alpha value is -3.13. The first-order valence-corrected chi connectivity index (χ1v) is 11.7. The van der Waals surface area contributed by atoms with Gasteiger partial charge in [0.05, 0.1) is 38.6 Å². The highest BCUT2D eigenvalue weighted by atomic mass is 35.5. The van der Waals surface area contributed by atoms with Crippen molar-refractivity contribution in [2.75, 3.05) is 5.75 Å². The summed E-state index contributed by atoms with van der Waals surface area (Å²) in [5.41, 5.74) is 5.18. The molecule has 0 atom stereocenters. The second-order valence-corrected chi connectivity index (χ2v) is 8.84. The van der Waals surface area contributed by atoms with Gasteiger partial charge in [-0.05, 0) is 37.3 Å². The molecule has 1 amide bonds. The number of para-hydroxylation sites is 1. The molecule has 3 aromatic carbocycles. The zero-order chi connectivity index (χ0) is 23.4. The summed E-state index contributed by atoms with van der Waals surface area (Å²) >= 11 is 13.3. The van der Waals surface area contributed by atoms with Gasteiger partial charge in [-0.25, -0.2) is 10.4 Å². The smallest absolute Gasteiger partial charge is 0.266 e.